The van der Waals surface area contributed by atoms with Crippen LogP contribution in [0.2, 0.25) is 0 Å². The summed E-state index contributed by atoms with van der Waals surface area (Å²) in [4.78, 5) is 12.5. The highest BCUT2D eigenvalue weighted by atomic mass is 32.2. The van der Waals surface area contributed by atoms with Gasteiger partial charge in [0, 0.05) is 52.0 Å². The molecule has 2 aromatic carbocycles. The normalized spacial score (nSPS) is 15.1. The molecule has 4 rings (SSSR count). The molecule has 1 aliphatic heterocycles. The SMILES string of the molecule is CN(C)c1cc(Nc2ccc(F)cc2)nc(N2CCN(S(=O)(=O)c3ccc(C(F)(F)F)cc3)CC2)n1. The topological polar surface area (TPSA) is 81.7 Å². The number of nitrogens with zero attached hydrogens (tertiary/aromatic N) is 5. The molecule has 0 radical (unpaired) electrons. The van der Waals surface area contributed by atoms with E-state index >= 15 is 0 Å². The van der Waals surface area contributed by atoms with Crippen molar-refractivity contribution >= 4 is 33.3 Å². The number of sulfonamides is 1. The van der Waals surface area contributed by atoms with Gasteiger partial charge in [0.25, 0.3) is 0 Å². The van der Waals surface area contributed by atoms with Crippen molar-refractivity contribution < 1.29 is 26.0 Å². The number of rotatable bonds is 6. The Morgan fingerprint density at radius 1 is 0.917 bits per heavy atom. The van der Waals surface area contributed by atoms with Crippen LogP contribution in [0.15, 0.2) is 59.5 Å². The molecule has 192 valence electrons. The van der Waals surface area contributed by atoms with Crippen LogP contribution >= 0.6 is 0 Å². The maximum Gasteiger partial charge on any atom is 0.416 e. The van der Waals surface area contributed by atoms with Crippen molar-refractivity contribution in [3.8, 4) is 0 Å². The summed E-state index contributed by atoms with van der Waals surface area (Å²) in [7, 11) is -0.313. The lowest BCUT2D eigenvalue weighted by molar-refractivity contribution is -0.137. The lowest BCUT2D eigenvalue weighted by Gasteiger charge is -2.34. The molecule has 1 fully saturated rings. The number of alkyl halides is 3. The summed E-state index contributed by atoms with van der Waals surface area (Å²) in [5.74, 6) is 1.12. The average Bonchev–Trinajstić information content (AvgIpc) is 2.85. The van der Waals surface area contributed by atoms with Crippen LogP contribution in [0.4, 0.5) is 40.8 Å². The smallest absolute Gasteiger partial charge is 0.363 e. The first-order chi connectivity index (χ1) is 16.9. The molecule has 0 amide bonds. The lowest BCUT2D eigenvalue weighted by atomic mass is 10.2. The molecule has 0 atom stereocenters. The molecular weight excluding hydrogens is 500 g/mol. The number of anilines is 4. The van der Waals surface area contributed by atoms with Crippen molar-refractivity contribution in [2.24, 2.45) is 0 Å². The van der Waals surface area contributed by atoms with Crippen LogP contribution in [0.5, 0.6) is 0 Å². The zero-order valence-corrected chi connectivity index (χ0v) is 20.3. The number of piperazine rings is 1. The Labute approximate surface area is 206 Å². The van der Waals surface area contributed by atoms with Gasteiger partial charge < -0.3 is 15.1 Å². The Kier molecular flexibility index (Phi) is 7.05. The molecule has 1 N–H and O–H groups in total. The van der Waals surface area contributed by atoms with Crippen molar-refractivity contribution in [2.75, 3.05) is 55.4 Å². The average molecular weight is 525 g/mol. The van der Waals surface area contributed by atoms with Crippen LogP contribution < -0.4 is 15.1 Å². The molecule has 0 saturated carbocycles. The predicted molar refractivity (Wildman–Crippen MR) is 128 cm³/mol. The van der Waals surface area contributed by atoms with Crippen molar-refractivity contribution in [1.29, 1.82) is 0 Å². The van der Waals surface area contributed by atoms with E-state index in [0.717, 1.165) is 24.3 Å². The lowest BCUT2D eigenvalue weighted by Crippen LogP contribution is -2.49. The van der Waals surface area contributed by atoms with Gasteiger partial charge in [0.15, 0.2) is 0 Å². The monoisotopic (exact) mass is 524 g/mol. The van der Waals surface area contributed by atoms with Crippen LogP contribution in [0.3, 0.4) is 0 Å². The maximum absolute atomic E-state index is 13.2. The van der Waals surface area contributed by atoms with Crippen LogP contribution in [-0.4, -0.2) is 63.0 Å². The first kappa shape index (κ1) is 25.6. The van der Waals surface area contributed by atoms with Gasteiger partial charge in [0.1, 0.15) is 17.5 Å². The summed E-state index contributed by atoms with van der Waals surface area (Å²) >= 11 is 0. The van der Waals surface area contributed by atoms with Gasteiger partial charge in [-0.05, 0) is 48.5 Å². The van der Waals surface area contributed by atoms with Crippen LogP contribution in [-0.2, 0) is 16.2 Å². The third-order valence-corrected chi connectivity index (χ3v) is 7.53. The minimum absolute atomic E-state index is 0.111. The molecule has 13 heteroatoms. The highest BCUT2D eigenvalue weighted by Crippen LogP contribution is 2.30. The first-order valence-corrected chi connectivity index (χ1v) is 12.4. The molecule has 0 aliphatic carbocycles. The van der Waals surface area contributed by atoms with Crippen molar-refractivity contribution in [2.45, 2.75) is 11.1 Å². The number of halogens is 4. The van der Waals surface area contributed by atoms with Gasteiger partial charge in [-0.2, -0.15) is 27.4 Å². The summed E-state index contributed by atoms with van der Waals surface area (Å²) in [6, 6.07) is 11.0. The molecule has 0 bridgehead atoms. The van der Waals surface area contributed by atoms with E-state index in [9.17, 15) is 26.0 Å². The predicted octanol–water partition coefficient (Wildman–Crippen LogP) is 3.96. The standard InChI is InChI=1S/C23H24F4N6O2S/c1-31(2)21-15-20(28-18-7-5-17(24)6-8-18)29-22(30-21)32-11-13-33(14-12-32)36(34,35)19-9-3-16(4-10-19)23(25,26)27/h3-10,15H,11-14H2,1-2H3,(H,28,29,30). The molecule has 0 spiro atoms. The Balaban J connectivity index is 1.49. The highest BCUT2D eigenvalue weighted by Gasteiger charge is 2.33. The zero-order valence-electron chi connectivity index (χ0n) is 19.5. The number of aromatic nitrogens is 2. The summed E-state index contributed by atoms with van der Waals surface area (Å²) in [6.07, 6.45) is -4.54. The van der Waals surface area contributed by atoms with E-state index in [4.69, 9.17) is 0 Å². The molecule has 36 heavy (non-hydrogen) atoms. The summed E-state index contributed by atoms with van der Waals surface area (Å²) in [5.41, 5.74) is -0.271. The largest absolute Gasteiger partial charge is 0.416 e. The summed E-state index contributed by atoms with van der Waals surface area (Å²) in [6.45, 7) is 0.790. The Hall–Kier alpha value is -3.45. The quantitative estimate of drug-likeness (QED) is 0.489. The van der Waals surface area contributed by atoms with Crippen LogP contribution in [0.25, 0.3) is 0 Å². The highest BCUT2D eigenvalue weighted by molar-refractivity contribution is 7.89. The molecule has 1 aliphatic rings. The Morgan fingerprint density at radius 3 is 2.08 bits per heavy atom. The van der Waals surface area contributed by atoms with Crippen molar-refractivity contribution in [1.82, 2.24) is 14.3 Å². The molecule has 8 nitrogen and oxygen atoms in total. The van der Waals surface area contributed by atoms with Gasteiger partial charge in [-0.25, -0.2) is 12.8 Å². The van der Waals surface area contributed by atoms with Crippen LogP contribution in [0, 0.1) is 5.82 Å². The van der Waals surface area contributed by atoms with Crippen LogP contribution in [0.1, 0.15) is 5.56 Å². The fraction of sp³-hybridized carbons (Fsp3) is 0.304. The van der Waals surface area contributed by atoms with E-state index in [1.54, 1.807) is 23.1 Å². The second-order valence-electron chi connectivity index (χ2n) is 8.35. The van der Waals surface area contributed by atoms with Crippen molar-refractivity contribution in [3.63, 3.8) is 0 Å². The minimum Gasteiger partial charge on any atom is -0.363 e. The molecule has 3 aromatic rings. The third-order valence-electron chi connectivity index (χ3n) is 5.62. The van der Waals surface area contributed by atoms with Gasteiger partial charge in [-0.15, -0.1) is 0 Å². The molecule has 2 heterocycles. The van der Waals surface area contributed by atoms with E-state index < -0.39 is 21.8 Å². The fourth-order valence-corrected chi connectivity index (χ4v) is 5.05. The molecule has 1 saturated heterocycles. The molecule has 1 aromatic heterocycles. The van der Waals surface area contributed by atoms with E-state index in [-0.39, 0.29) is 36.9 Å². The Morgan fingerprint density at radius 2 is 1.53 bits per heavy atom. The van der Waals surface area contributed by atoms with Gasteiger partial charge in [-0.3, -0.25) is 0 Å². The van der Waals surface area contributed by atoms with Gasteiger partial charge in [0.2, 0.25) is 16.0 Å². The third kappa shape index (κ3) is 5.68. The summed E-state index contributed by atoms with van der Waals surface area (Å²) < 4.78 is 78.9. The molecule has 0 unspecified atom stereocenters. The van der Waals surface area contributed by atoms with E-state index in [1.165, 1.54) is 16.4 Å². The van der Waals surface area contributed by atoms with Gasteiger partial charge >= 0.3 is 6.18 Å². The van der Waals surface area contributed by atoms with E-state index in [1.807, 2.05) is 19.0 Å². The summed E-state index contributed by atoms with van der Waals surface area (Å²) in [5, 5.41) is 3.12. The van der Waals surface area contributed by atoms with E-state index in [2.05, 4.69) is 15.3 Å². The molecular formula is C23H24F4N6O2S. The Bertz CT molecular complexity index is 1310. The second kappa shape index (κ2) is 9.90. The van der Waals surface area contributed by atoms with Crippen molar-refractivity contribution in [3.05, 3.63) is 66.0 Å². The number of nitrogens with one attached hydrogen (secondary N) is 1. The minimum atomic E-state index is -4.54. The van der Waals surface area contributed by atoms with E-state index in [0.29, 0.717) is 23.3 Å². The second-order valence-corrected chi connectivity index (χ2v) is 10.3. The van der Waals surface area contributed by atoms with Gasteiger partial charge in [0.05, 0.1) is 10.5 Å². The first-order valence-electron chi connectivity index (χ1n) is 10.9. The number of hydrogen-bond acceptors (Lipinski definition) is 7. The fourth-order valence-electron chi connectivity index (χ4n) is 3.63. The number of hydrogen-bond donors (Lipinski definition) is 1. The zero-order chi connectivity index (χ0) is 26.1. The maximum atomic E-state index is 13.2. The number of benzene rings is 2. The van der Waals surface area contributed by atoms with Gasteiger partial charge in [-0.1, -0.05) is 0 Å².